The van der Waals surface area contributed by atoms with Gasteiger partial charge in [0.15, 0.2) is 0 Å². The SMILES string of the molecule is CSc1cc(-c2ccncc2)oc(=O)c1Br. The fraction of sp³-hybridized carbons (Fsp3) is 0.0909. The second kappa shape index (κ2) is 4.84. The van der Waals surface area contributed by atoms with Crippen molar-refractivity contribution in [1.29, 1.82) is 0 Å². The van der Waals surface area contributed by atoms with Crippen molar-refractivity contribution in [3.05, 3.63) is 45.5 Å². The van der Waals surface area contributed by atoms with Gasteiger partial charge < -0.3 is 4.42 Å². The largest absolute Gasteiger partial charge is 0.422 e. The Morgan fingerprint density at radius 3 is 2.69 bits per heavy atom. The number of nitrogens with zero attached hydrogens (tertiary/aromatic N) is 1. The molecule has 0 atom stereocenters. The van der Waals surface area contributed by atoms with E-state index in [9.17, 15) is 4.79 Å². The third kappa shape index (κ3) is 2.20. The van der Waals surface area contributed by atoms with Crippen molar-refractivity contribution in [2.75, 3.05) is 6.26 Å². The fourth-order valence-corrected chi connectivity index (χ4v) is 2.43. The van der Waals surface area contributed by atoms with Gasteiger partial charge in [-0.15, -0.1) is 11.8 Å². The lowest BCUT2D eigenvalue weighted by molar-refractivity contribution is 0.516. The molecule has 0 N–H and O–H groups in total. The first-order chi connectivity index (χ1) is 7.72. The summed E-state index contributed by atoms with van der Waals surface area (Å²) in [4.78, 5) is 16.3. The molecule has 0 unspecified atom stereocenters. The minimum atomic E-state index is -0.362. The summed E-state index contributed by atoms with van der Waals surface area (Å²) < 4.78 is 5.66. The molecule has 2 heterocycles. The monoisotopic (exact) mass is 297 g/mol. The number of thioether (sulfide) groups is 1. The molecule has 2 aromatic rings. The first kappa shape index (κ1) is 11.4. The molecule has 0 aliphatic carbocycles. The second-order valence-corrected chi connectivity index (χ2v) is 4.66. The average molecular weight is 298 g/mol. The number of hydrogen-bond acceptors (Lipinski definition) is 4. The maximum absolute atomic E-state index is 11.6. The Morgan fingerprint density at radius 2 is 2.06 bits per heavy atom. The first-order valence-electron chi connectivity index (χ1n) is 4.50. The highest BCUT2D eigenvalue weighted by atomic mass is 79.9. The molecule has 82 valence electrons. The van der Waals surface area contributed by atoms with Crippen molar-refractivity contribution in [2.24, 2.45) is 0 Å². The Bertz CT molecular complexity index is 554. The lowest BCUT2D eigenvalue weighted by Gasteiger charge is -2.03. The Balaban J connectivity index is 2.60. The summed E-state index contributed by atoms with van der Waals surface area (Å²) in [5, 5.41) is 0. The molecule has 0 aliphatic rings. The molecule has 5 heteroatoms. The smallest absolute Gasteiger partial charge is 0.351 e. The molecule has 0 aromatic carbocycles. The number of pyridine rings is 1. The van der Waals surface area contributed by atoms with Crippen LogP contribution in [0.1, 0.15) is 0 Å². The summed E-state index contributed by atoms with van der Waals surface area (Å²) in [6.07, 6.45) is 5.24. The molecule has 0 saturated heterocycles. The summed E-state index contributed by atoms with van der Waals surface area (Å²) in [6.45, 7) is 0. The van der Waals surface area contributed by atoms with Crippen LogP contribution in [0.3, 0.4) is 0 Å². The molecule has 0 bridgehead atoms. The van der Waals surface area contributed by atoms with Gasteiger partial charge >= 0.3 is 5.63 Å². The summed E-state index contributed by atoms with van der Waals surface area (Å²) in [7, 11) is 0. The van der Waals surface area contributed by atoms with Gasteiger partial charge in [-0.05, 0) is 40.4 Å². The molecule has 0 aliphatic heterocycles. The predicted molar refractivity (Wildman–Crippen MR) is 67.7 cm³/mol. The van der Waals surface area contributed by atoms with Crippen LogP contribution in [0, 0.1) is 0 Å². The van der Waals surface area contributed by atoms with Gasteiger partial charge in [-0.25, -0.2) is 4.79 Å². The van der Waals surface area contributed by atoms with Crippen LogP contribution in [0.25, 0.3) is 11.3 Å². The van der Waals surface area contributed by atoms with Crippen LogP contribution in [-0.2, 0) is 0 Å². The van der Waals surface area contributed by atoms with Crippen LogP contribution in [-0.4, -0.2) is 11.2 Å². The Morgan fingerprint density at radius 1 is 1.38 bits per heavy atom. The van der Waals surface area contributed by atoms with Crippen molar-refractivity contribution in [2.45, 2.75) is 4.90 Å². The number of aromatic nitrogens is 1. The minimum absolute atomic E-state index is 0.362. The zero-order chi connectivity index (χ0) is 11.5. The lowest BCUT2D eigenvalue weighted by atomic mass is 10.2. The van der Waals surface area contributed by atoms with Gasteiger partial charge in [0.1, 0.15) is 10.2 Å². The van der Waals surface area contributed by atoms with Crippen molar-refractivity contribution in [3.8, 4) is 11.3 Å². The van der Waals surface area contributed by atoms with Crippen LogP contribution in [0.4, 0.5) is 0 Å². The third-order valence-corrected chi connectivity index (χ3v) is 3.82. The van der Waals surface area contributed by atoms with Crippen LogP contribution in [0.2, 0.25) is 0 Å². The highest BCUT2D eigenvalue weighted by Crippen LogP contribution is 2.27. The Hall–Kier alpha value is -1.07. The number of rotatable bonds is 2. The van der Waals surface area contributed by atoms with E-state index in [0.29, 0.717) is 10.2 Å². The molecule has 0 saturated carbocycles. The van der Waals surface area contributed by atoms with E-state index in [1.807, 2.05) is 12.3 Å². The summed E-state index contributed by atoms with van der Waals surface area (Å²) in [5.41, 5.74) is 0.480. The standard InChI is InChI=1S/C11H8BrNO2S/c1-16-9-6-8(15-11(14)10(9)12)7-2-4-13-5-3-7/h2-6H,1H3. The second-order valence-electron chi connectivity index (χ2n) is 3.02. The van der Waals surface area contributed by atoms with Crippen molar-refractivity contribution >= 4 is 27.7 Å². The topological polar surface area (TPSA) is 43.1 Å². The molecular formula is C11H8BrNO2S. The van der Waals surface area contributed by atoms with E-state index in [4.69, 9.17) is 4.42 Å². The molecule has 2 rings (SSSR count). The van der Waals surface area contributed by atoms with Gasteiger partial charge in [0.2, 0.25) is 0 Å². The number of halogens is 1. The molecule has 0 amide bonds. The highest BCUT2D eigenvalue weighted by Gasteiger charge is 2.09. The van der Waals surface area contributed by atoms with E-state index in [1.165, 1.54) is 11.8 Å². The van der Waals surface area contributed by atoms with E-state index in [1.54, 1.807) is 24.5 Å². The Labute approximate surface area is 105 Å². The summed E-state index contributed by atoms with van der Waals surface area (Å²) in [6, 6.07) is 5.44. The fourth-order valence-electron chi connectivity index (χ4n) is 1.26. The third-order valence-electron chi connectivity index (χ3n) is 2.05. The van der Waals surface area contributed by atoms with Crippen LogP contribution >= 0.6 is 27.7 Å². The average Bonchev–Trinajstić information content (AvgIpc) is 2.33. The van der Waals surface area contributed by atoms with Gasteiger partial charge in [0, 0.05) is 22.9 Å². The van der Waals surface area contributed by atoms with E-state index in [2.05, 4.69) is 20.9 Å². The number of hydrogen-bond donors (Lipinski definition) is 0. The van der Waals surface area contributed by atoms with Gasteiger partial charge in [-0.1, -0.05) is 0 Å². The molecule has 3 nitrogen and oxygen atoms in total. The van der Waals surface area contributed by atoms with Gasteiger partial charge in [-0.3, -0.25) is 4.98 Å². The van der Waals surface area contributed by atoms with Crippen molar-refractivity contribution < 1.29 is 4.42 Å². The summed E-state index contributed by atoms with van der Waals surface area (Å²) in [5.74, 6) is 0.556. The Kier molecular flexibility index (Phi) is 3.46. The van der Waals surface area contributed by atoms with Crippen molar-refractivity contribution in [3.63, 3.8) is 0 Å². The molecular weight excluding hydrogens is 290 g/mol. The highest BCUT2D eigenvalue weighted by molar-refractivity contribution is 9.10. The zero-order valence-electron chi connectivity index (χ0n) is 8.44. The lowest BCUT2D eigenvalue weighted by Crippen LogP contribution is -2.01. The molecule has 16 heavy (non-hydrogen) atoms. The van der Waals surface area contributed by atoms with Crippen LogP contribution in [0.5, 0.6) is 0 Å². The van der Waals surface area contributed by atoms with Crippen LogP contribution in [0.15, 0.2) is 49.2 Å². The summed E-state index contributed by atoms with van der Waals surface area (Å²) >= 11 is 4.70. The maximum atomic E-state index is 11.6. The van der Waals surface area contributed by atoms with E-state index >= 15 is 0 Å². The first-order valence-corrected chi connectivity index (χ1v) is 6.52. The molecule has 2 aromatic heterocycles. The normalized spacial score (nSPS) is 10.4. The van der Waals surface area contributed by atoms with Gasteiger partial charge in [0.25, 0.3) is 0 Å². The van der Waals surface area contributed by atoms with Gasteiger partial charge in [-0.2, -0.15) is 0 Å². The quantitative estimate of drug-likeness (QED) is 0.799. The van der Waals surface area contributed by atoms with Crippen LogP contribution < -0.4 is 5.63 Å². The van der Waals surface area contributed by atoms with E-state index in [0.717, 1.165) is 10.5 Å². The molecule has 0 spiro atoms. The molecule has 0 radical (unpaired) electrons. The van der Waals surface area contributed by atoms with E-state index in [-0.39, 0.29) is 5.63 Å². The van der Waals surface area contributed by atoms with Crippen molar-refractivity contribution in [1.82, 2.24) is 4.98 Å². The van der Waals surface area contributed by atoms with E-state index < -0.39 is 0 Å². The van der Waals surface area contributed by atoms with Gasteiger partial charge in [0.05, 0.1) is 0 Å². The zero-order valence-corrected chi connectivity index (χ0v) is 10.8. The molecule has 0 fully saturated rings. The predicted octanol–water partition coefficient (Wildman–Crippen LogP) is 3.19. The minimum Gasteiger partial charge on any atom is -0.422 e. The maximum Gasteiger partial charge on any atom is 0.351 e.